The average Bonchev–Trinajstić information content (AvgIpc) is 2.46. The molecule has 21 heavy (non-hydrogen) atoms. The minimum atomic E-state index is -0.221. The molecule has 0 saturated carbocycles. The summed E-state index contributed by atoms with van der Waals surface area (Å²) in [6, 6.07) is 7.57. The Morgan fingerprint density at radius 3 is 2.76 bits per heavy atom. The van der Waals surface area contributed by atoms with Gasteiger partial charge in [-0.3, -0.25) is 9.59 Å². The van der Waals surface area contributed by atoms with Crippen molar-refractivity contribution < 1.29 is 14.3 Å². The molecule has 0 bridgehead atoms. The monoisotopic (exact) mass is 329 g/mol. The first-order chi connectivity index (χ1) is 10.1. The first kappa shape index (κ1) is 17.9. The van der Waals surface area contributed by atoms with E-state index in [0.29, 0.717) is 43.2 Å². The van der Waals surface area contributed by atoms with E-state index in [4.69, 9.17) is 16.3 Å². The summed E-state index contributed by atoms with van der Waals surface area (Å²) in [6.45, 7) is 2.66. The number of nitrogens with one attached hydrogen (secondary N) is 1. The summed E-state index contributed by atoms with van der Waals surface area (Å²) < 4.78 is 4.81. The highest BCUT2D eigenvalue weighted by atomic mass is 35.5. The van der Waals surface area contributed by atoms with Crippen LogP contribution in [0.2, 0.25) is 5.02 Å². The van der Waals surface area contributed by atoms with E-state index in [1.165, 1.54) is 0 Å². The Morgan fingerprint density at radius 2 is 2.05 bits per heavy atom. The highest BCUT2D eigenvalue weighted by Crippen LogP contribution is 2.26. The van der Waals surface area contributed by atoms with Gasteiger partial charge in [0.2, 0.25) is 5.91 Å². The van der Waals surface area contributed by atoms with E-state index in [2.05, 4.69) is 5.32 Å². The lowest BCUT2D eigenvalue weighted by atomic mass is 10.3. The molecule has 1 amide bonds. The van der Waals surface area contributed by atoms with Gasteiger partial charge in [-0.05, 0) is 25.5 Å². The molecule has 0 aliphatic heterocycles. The maximum Gasteiger partial charge on any atom is 0.305 e. The Kier molecular flexibility index (Phi) is 8.94. The van der Waals surface area contributed by atoms with Crippen molar-refractivity contribution in [2.75, 3.05) is 18.9 Å². The molecule has 1 aromatic rings. The molecule has 1 aromatic carbocycles. The number of carbonyl (C=O) groups is 2. The van der Waals surface area contributed by atoms with E-state index in [9.17, 15) is 9.59 Å². The number of thioether (sulfide) groups is 1. The molecule has 0 aromatic heterocycles. The predicted octanol–water partition coefficient (Wildman–Crippen LogP) is 3.28. The van der Waals surface area contributed by atoms with E-state index >= 15 is 0 Å². The van der Waals surface area contributed by atoms with Crippen LogP contribution in [0.5, 0.6) is 0 Å². The third kappa shape index (κ3) is 7.97. The van der Waals surface area contributed by atoms with Crippen LogP contribution in [0.4, 0.5) is 0 Å². The first-order valence-corrected chi connectivity index (χ1v) is 8.29. The standard InChI is InChI=1S/C15H20ClNO3S/c1-2-20-15(19)8-5-10-17-14(18)9-11-21-13-7-4-3-6-12(13)16/h3-4,6-7H,2,5,8-11H2,1H3,(H,17,18). The van der Waals surface area contributed by atoms with Gasteiger partial charge in [0, 0.05) is 30.0 Å². The zero-order valence-corrected chi connectivity index (χ0v) is 13.6. The van der Waals surface area contributed by atoms with Crippen molar-refractivity contribution in [3.63, 3.8) is 0 Å². The van der Waals surface area contributed by atoms with E-state index < -0.39 is 0 Å². The smallest absolute Gasteiger partial charge is 0.305 e. The van der Waals surface area contributed by atoms with Crippen LogP contribution in [0.25, 0.3) is 0 Å². The summed E-state index contributed by atoms with van der Waals surface area (Å²) in [6.07, 6.45) is 1.36. The third-order valence-electron chi connectivity index (χ3n) is 2.61. The second kappa shape index (κ2) is 10.5. The Bertz CT molecular complexity index is 468. The van der Waals surface area contributed by atoms with Crippen molar-refractivity contribution in [2.24, 2.45) is 0 Å². The van der Waals surface area contributed by atoms with Crippen LogP contribution in [-0.2, 0) is 14.3 Å². The van der Waals surface area contributed by atoms with Gasteiger partial charge in [0.15, 0.2) is 0 Å². The Labute approximate surface area is 134 Å². The molecular weight excluding hydrogens is 310 g/mol. The molecule has 116 valence electrons. The Morgan fingerprint density at radius 1 is 1.29 bits per heavy atom. The SMILES string of the molecule is CCOC(=O)CCCNC(=O)CCSc1ccccc1Cl. The number of ether oxygens (including phenoxy) is 1. The molecular formula is C15H20ClNO3S. The van der Waals surface area contributed by atoms with Crippen molar-refractivity contribution in [2.45, 2.75) is 31.1 Å². The fourth-order valence-corrected chi connectivity index (χ4v) is 2.79. The molecule has 4 nitrogen and oxygen atoms in total. The fourth-order valence-electron chi connectivity index (χ4n) is 1.60. The lowest BCUT2D eigenvalue weighted by Crippen LogP contribution is -2.25. The maximum absolute atomic E-state index is 11.6. The predicted molar refractivity (Wildman–Crippen MR) is 85.7 cm³/mol. The second-order valence-corrected chi connectivity index (χ2v) is 5.83. The van der Waals surface area contributed by atoms with E-state index in [0.717, 1.165) is 4.90 Å². The van der Waals surface area contributed by atoms with Crippen molar-refractivity contribution in [3.8, 4) is 0 Å². The topological polar surface area (TPSA) is 55.4 Å². The highest BCUT2D eigenvalue weighted by molar-refractivity contribution is 7.99. The van der Waals surface area contributed by atoms with Gasteiger partial charge in [0.1, 0.15) is 0 Å². The van der Waals surface area contributed by atoms with Crippen LogP contribution in [0.1, 0.15) is 26.2 Å². The summed E-state index contributed by atoms with van der Waals surface area (Å²) in [5.74, 6) is 0.437. The Hall–Kier alpha value is -1.20. The molecule has 0 spiro atoms. The maximum atomic E-state index is 11.6. The number of esters is 1. The molecule has 0 unspecified atom stereocenters. The minimum absolute atomic E-state index is 0.0154. The molecule has 0 atom stereocenters. The normalized spacial score (nSPS) is 10.2. The number of carbonyl (C=O) groups excluding carboxylic acids is 2. The van der Waals surface area contributed by atoms with Crippen LogP contribution in [-0.4, -0.2) is 30.8 Å². The molecule has 0 fully saturated rings. The molecule has 0 aliphatic carbocycles. The van der Waals surface area contributed by atoms with Crippen LogP contribution >= 0.6 is 23.4 Å². The van der Waals surface area contributed by atoms with Gasteiger partial charge in [-0.2, -0.15) is 0 Å². The number of hydrogen-bond donors (Lipinski definition) is 1. The quantitative estimate of drug-likeness (QED) is 0.429. The highest BCUT2D eigenvalue weighted by Gasteiger charge is 2.05. The van der Waals surface area contributed by atoms with Gasteiger partial charge in [-0.1, -0.05) is 23.7 Å². The fraction of sp³-hybridized carbons (Fsp3) is 0.467. The van der Waals surface area contributed by atoms with Crippen molar-refractivity contribution >= 4 is 35.2 Å². The van der Waals surface area contributed by atoms with Gasteiger partial charge >= 0.3 is 5.97 Å². The lowest BCUT2D eigenvalue weighted by molar-refractivity contribution is -0.143. The molecule has 0 saturated heterocycles. The third-order valence-corrected chi connectivity index (χ3v) is 4.13. The van der Waals surface area contributed by atoms with E-state index in [1.54, 1.807) is 18.7 Å². The van der Waals surface area contributed by atoms with Crippen molar-refractivity contribution in [1.29, 1.82) is 0 Å². The number of amides is 1. The average molecular weight is 330 g/mol. The molecule has 6 heteroatoms. The first-order valence-electron chi connectivity index (χ1n) is 6.93. The van der Waals surface area contributed by atoms with Gasteiger partial charge in [-0.25, -0.2) is 0 Å². The largest absolute Gasteiger partial charge is 0.466 e. The molecule has 0 radical (unpaired) electrons. The molecule has 0 heterocycles. The van der Waals surface area contributed by atoms with Gasteiger partial charge < -0.3 is 10.1 Å². The van der Waals surface area contributed by atoms with Gasteiger partial charge in [-0.15, -0.1) is 11.8 Å². The van der Waals surface area contributed by atoms with Gasteiger partial charge in [0.05, 0.1) is 11.6 Å². The second-order valence-electron chi connectivity index (χ2n) is 4.29. The van der Waals surface area contributed by atoms with Crippen molar-refractivity contribution in [1.82, 2.24) is 5.32 Å². The summed E-state index contributed by atoms with van der Waals surface area (Å²) in [5, 5.41) is 3.49. The summed E-state index contributed by atoms with van der Waals surface area (Å²) in [4.78, 5) is 23.7. The summed E-state index contributed by atoms with van der Waals surface area (Å²) in [7, 11) is 0. The van der Waals surface area contributed by atoms with E-state index in [-0.39, 0.29) is 11.9 Å². The minimum Gasteiger partial charge on any atom is -0.466 e. The number of halogens is 1. The number of benzene rings is 1. The number of hydrogen-bond acceptors (Lipinski definition) is 4. The van der Waals surface area contributed by atoms with Crippen LogP contribution in [0, 0.1) is 0 Å². The number of rotatable bonds is 9. The molecule has 0 aliphatic rings. The zero-order chi connectivity index (χ0) is 15.5. The van der Waals surface area contributed by atoms with Crippen LogP contribution < -0.4 is 5.32 Å². The van der Waals surface area contributed by atoms with Gasteiger partial charge in [0.25, 0.3) is 0 Å². The summed E-state index contributed by atoms with van der Waals surface area (Å²) in [5.41, 5.74) is 0. The molecule has 1 rings (SSSR count). The Balaban J connectivity index is 2.09. The lowest BCUT2D eigenvalue weighted by Gasteiger charge is -2.06. The zero-order valence-electron chi connectivity index (χ0n) is 12.1. The van der Waals surface area contributed by atoms with E-state index in [1.807, 2.05) is 24.3 Å². The van der Waals surface area contributed by atoms with Crippen LogP contribution in [0.15, 0.2) is 29.2 Å². The van der Waals surface area contributed by atoms with Crippen molar-refractivity contribution in [3.05, 3.63) is 29.3 Å². The molecule has 1 N–H and O–H groups in total. The van der Waals surface area contributed by atoms with Crippen LogP contribution in [0.3, 0.4) is 0 Å². The summed E-state index contributed by atoms with van der Waals surface area (Å²) >= 11 is 7.59.